The van der Waals surface area contributed by atoms with Crippen molar-refractivity contribution in [1.82, 2.24) is 10.2 Å². The Bertz CT molecular complexity index is 1040. The summed E-state index contributed by atoms with van der Waals surface area (Å²) in [5.74, 6) is -0.300. The molecule has 1 aliphatic heterocycles. The molecular weight excluding hydrogens is 384 g/mol. The van der Waals surface area contributed by atoms with Crippen LogP contribution >= 0.6 is 11.6 Å². The molecule has 0 aliphatic carbocycles. The molecule has 0 radical (unpaired) electrons. The minimum Gasteiger partial charge on any atom is -0.350 e. The number of nitrogens with one attached hydrogen (secondary N) is 1. The largest absolute Gasteiger partial charge is 0.350 e. The summed E-state index contributed by atoms with van der Waals surface area (Å²) in [6, 6.07) is 24.1. The molecule has 1 N–H and O–H groups in total. The second-order valence-corrected chi connectivity index (χ2v) is 7.44. The maximum absolute atomic E-state index is 13.1. The Labute approximate surface area is 175 Å². The van der Waals surface area contributed by atoms with Crippen LogP contribution in [-0.2, 0) is 17.8 Å². The predicted molar refractivity (Wildman–Crippen MR) is 114 cm³/mol. The second kappa shape index (κ2) is 8.50. The van der Waals surface area contributed by atoms with Gasteiger partial charge in [0.25, 0.3) is 5.91 Å². The van der Waals surface area contributed by atoms with Crippen molar-refractivity contribution in [1.29, 1.82) is 0 Å². The quantitative estimate of drug-likeness (QED) is 0.662. The highest BCUT2D eigenvalue weighted by Crippen LogP contribution is 2.34. The normalized spacial score (nSPS) is 15.3. The molecule has 5 heteroatoms. The third kappa shape index (κ3) is 4.03. The fourth-order valence-corrected chi connectivity index (χ4v) is 3.90. The zero-order valence-electron chi connectivity index (χ0n) is 15.8. The van der Waals surface area contributed by atoms with Gasteiger partial charge in [-0.05, 0) is 35.2 Å². The highest BCUT2D eigenvalue weighted by molar-refractivity contribution is 6.31. The Morgan fingerprint density at radius 1 is 0.931 bits per heavy atom. The van der Waals surface area contributed by atoms with Crippen molar-refractivity contribution in [2.75, 3.05) is 6.54 Å². The molecule has 2 amide bonds. The molecule has 1 unspecified atom stereocenters. The van der Waals surface area contributed by atoms with Gasteiger partial charge in [0.05, 0.1) is 0 Å². The monoisotopic (exact) mass is 404 g/mol. The van der Waals surface area contributed by atoms with E-state index >= 15 is 0 Å². The summed E-state index contributed by atoms with van der Waals surface area (Å²) in [7, 11) is 0. The van der Waals surface area contributed by atoms with E-state index in [-0.39, 0.29) is 11.8 Å². The Balaban J connectivity index is 1.54. The molecule has 1 heterocycles. The maximum Gasteiger partial charge on any atom is 0.255 e. The first-order valence-electron chi connectivity index (χ1n) is 9.60. The van der Waals surface area contributed by atoms with Crippen molar-refractivity contribution in [3.8, 4) is 0 Å². The van der Waals surface area contributed by atoms with Gasteiger partial charge in [0.1, 0.15) is 6.04 Å². The van der Waals surface area contributed by atoms with Gasteiger partial charge in [-0.3, -0.25) is 9.59 Å². The average molecular weight is 405 g/mol. The number of benzene rings is 3. The molecule has 146 valence electrons. The van der Waals surface area contributed by atoms with Gasteiger partial charge < -0.3 is 10.2 Å². The first kappa shape index (κ1) is 19.2. The number of halogens is 1. The smallest absolute Gasteiger partial charge is 0.255 e. The van der Waals surface area contributed by atoms with E-state index in [2.05, 4.69) is 5.32 Å². The van der Waals surface area contributed by atoms with Crippen LogP contribution in [0.25, 0.3) is 0 Å². The van der Waals surface area contributed by atoms with Gasteiger partial charge in [-0.25, -0.2) is 0 Å². The number of carbonyl (C=O) groups excluding carboxylic acids is 2. The lowest BCUT2D eigenvalue weighted by Gasteiger charge is -2.25. The van der Waals surface area contributed by atoms with E-state index in [0.717, 1.165) is 16.7 Å². The average Bonchev–Trinajstić information content (AvgIpc) is 3.04. The summed E-state index contributed by atoms with van der Waals surface area (Å²) in [6.45, 7) is 0.791. The lowest BCUT2D eigenvalue weighted by molar-refractivity contribution is -0.125. The van der Waals surface area contributed by atoms with Crippen molar-refractivity contribution in [3.63, 3.8) is 0 Å². The Hall–Kier alpha value is -3.11. The van der Waals surface area contributed by atoms with Gasteiger partial charge in [-0.15, -0.1) is 0 Å². The summed E-state index contributed by atoms with van der Waals surface area (Å²) in [5.41, 5.74) is 3.32. The van der Waals surface area contributed by atoms with E-state index in [1.54, 1.807) is 17.0 Å². The van der Waals surface area contributed by atoms with E-state index in [1.165, 1.54) is 0 Å². The molecule has 0 fully saturated rings. The molecule has 4 nitrogen and oxygen atoms in total. The first-order valence-corrected chi connectivity index (χ1v) is 9.98. The number of nitrogens with zero attached hydrogens (tertiary/aromatic N) is 1. The molecule has 0 bridgehead atoms. The number of carbonyl (C=O) groups is 2. The van der Waals surface area contributed by atoms with E-state index in [1.807, 2.05) is 66.7 Å². The van der Waals surface area contributed by atoms with Gasteiger partial charge in [0, 0.05) is 23.7 Å². The van der Waals surface area contributed by atoms with Crippen LogP contribution in [0, 0.1) is 0 Å². The highest BCUT2D eigenvalue weighted by Gasteiger charge is 2.40. The lowest BCUT2D eigenvalue weighted by Crippen LogP contribution is -2.39. The zero-order valence-corrected chi connectivity index (χ0v) is 16.6. The van der Waals surface area contributed by atoms with Crippen LogP contribution < -0.4 is 5.32 Å². The Morgan fingerprint density at radius 2 is 1.62 bits per heavy atom. The third-order valence-corrected chi connectivity index (χ3v) is 5.57. The minimum atomic E-state index is -0.634. The van der Waals surface area contributed by atoms with E-state index in [4.69, 9.17) is 11.6 Å². The van der Waals surface area contributed by atoms with Crippen LogP contribution in [0.15, 0.2) is 78.9 Å². The summed E-state index contributed by atoms with van der Waals surface area (Å²) < 4.78 is 0. The molecule has 4 rings (SSSR count). The second-order valence-electron chi connectivity index (χ2n) is 7.03. The standard InChI is InChI=1S/C24H21ClN2O2/c25-21-13-7-4-10-18(21)16-26-23(28)22-19-11-5-6-12-20(19)24(29)27(22)15-14-17-8-2-1-3-9-17/h1-13,22H,14-16H2,(H,26,28). The van der Waals surface area contributed by atoms with Crippen LogP contribution in [0.5, 0.6) is 0 Å². The third-order valence-electron chi connectivity index (χ3n) is 5.20. The van der Waals surface area contributed by atoms with Crippen LogP contribution in [0.1, 0.15) is 33.1 Å². The lowest BCUT2D eigenvalue weighted by atomic mass is 10.0. The van der Waals surface area contributed by atoms with Crippen LogP contribution in [-0.4, -0.2) is 23.3 Å². The molecule has 0 spiro atoms. The van der Waals surface area contributed by atoms with Crippen molar-refractivity contribution >= 4 is 23.4 Å². The topological polar surface area (TPSA) is 49.4 Å². The fourth-order valence-electron chi connectivity index (χ4n) is 3.70. The number of fused-ring (bicyclic) bond motifs is 1. The fraction of sp³-hybridized carbons (Fsp3) is 0.167. The molecule has 1 aliphatic rings. The van der Waals surface area contributed by atoms with Gasteiger partial charge in [0.15, 0.2) is 0 Å². The minimum absolute atomic E-state index is 0.102. The van der Waals surface area contributed by atoms with Gasteiger partial charge in [-0.1, -0.05) is 78.3 Å². The van der Waals surface area contributed by atoms with E-state index < -0.39 is 6.04 Å². The summed E-state index contributed by atoms with van der Waals surface area (Å²) >= 11 is 6.20. The summed E-state index contributed by atoms with van der Waals surface area (Å²) in [6.07, 6.45) is 0.689. The predicted octanol–water partition coefficient (Wildman–Crippen LogP) is 4.40. The van der Waals surface area contributed by atoms with E-state index in [0.29, 0.717) is 30.1 Å². The van der Waals surface area contributed by atoms with Crippen molar-refractivity contribution < 1.29 is 9.59 Å². The first-order chi connectivity index (χ1) is 14.1. The van der Waals surface area contributed by atoms with Gasteiger partial charge in [-0.2, -0.15) is 0 Å². The van der Waals surface area contributed by atoms with Gasteiger partial charge >= 0.3 is 0 Å². The molecule has 1 atom stereocenters. The molecule has 3 aromatic rings. The zero-order chi connectivity index (χ0) is 20.2. The Kier molecular flexibility index (Phi) is 5.63. The van der Waals surface area contributed by atoms with Crippen molar-refractivity contribution in [2.24, 2.45) is 0 Å². The molecular formula is C24H21ClN2O2. The highest BCUT2D eigenvalue weighted by atomic mass is 35.5. The number of rotatable bonds is 6. The summed E-state index contributed by atoms with van der Waals surface area (Å²) in [4.78, 5) is 27.8. The SMILES string of the molecule is O=C(NCc1ccccc1Cl)C1c2ccccc2C(=O)N1CCc1ccccc1. The van der Waals surface area contributed by atoms with E-state index in [9.17, 15) is 9.59 Å². The van der Waals surface area contributed by atoms with Crippen LogP contribution in [0.3, 0.4) is 0 Å². The maximum atomic E-state index is 13.1. The Morgan fingerprint density at radius 3 is 2.41 bits per heavy atom. The van der Waals surface area contributed by atoms with Crippen molar-refractivity contribution in [3.05, 3.63) is 106 Å². The molecule has 0 saturated carbocycles. The number of hydrogen-bond donors (Lipinski definition) is 1. The molecule has 29 heavy (non-hydrogen) atoms. The molecule has 0 saturated heterocycles. The van der Waals surface area contributed by atoms with Crippen molar-refractivity contribution in [2.45, 2.75) is 19.0 Å². The molecule has 0 aromatic heterocycles. The van der Waals surface area contributed by atoms with Gasteiger partial charge in [0.2, 0.25) is 5.91 Å². The number of amides is 2. The van der Waals surface area contributed by atoms with Crippen LogP contribution in [0.4, 0.5) is 0 Å². The summed E-state index contributed by atoms with van der Waals surface area (Å²) in [5, 5.41) is 3.56. The number of hydrogen-bond acceptors (Lipinski definition) is 2. The molecule has 3 aromatic carbocycles. The van der Waals surface area contributed by atoms with Crippen LogP contribution in [0.2, 0.25) is 5.02 Å².